The van der Waals surface area contributed by atoms with Crippen molar-refractivity contribution in [3.8, 4) is 11.8 Å². The summed E-state index contributed by atoms with van der Waals surface area (Å²) < 4.78 is 5.26. The lowest BCUT2D eigenvalue weighted by atomic mass is 10.4. The number of carbonyl (C=O) groups excluding carboxylic acids is 1. The van der Waals surface area contributed by atoms with Gasteiger partial charge in [-0.15, -0.1) is 11.3 Å². The first-order chi connectivity index (χ1) is 9.84. The Balaban J connectivity index is 1.54. The Morgan fingerprint density at radius 1 is 1.35 bits per heavy atom. The van der Waals surface area contributed by atoms with E-state index in [0.29, 0.717) is 13.1 Å². The van der Waals surface area contributed by atoms with E-state index in [1.165, 1.54) is 0 Å². The van der Waals surface area contributed by atoms with E-state index in [1.807, 2.05) is 17.5 Å². The maximum Gasteiger partial charge on any atom is 0.315 e. The van der Waals surface area contributed by atoms with Gasteiger partial charge < -0.3 is 15.4 Å². The summed E-state index contributed by atoms with van der Waals surface area (Å²) in [5, 5.41) is 7.50. The molecule has 0 aromatic carbocycles. The maximum atomic E-state index is 11.5. The lowest BCUT2D eigenvalue weighted by molar-refractivity contribution is 0.0443. The van der Waals surface area contributed by atoms with Crippen molar-refractivity contribution in [1.82, 2.24) is 15.5 Å². The summed E-state index contributed by atoms with van der Waals surface area (Å²) in [6.45, 7) is 5.11. The number of morpholine rings is 1. The second kappa shape index (κ2) is 8.59. The molecule has 6 heteroatoms. The molecule has 0 saturated carbocycles. The molecule has 1 aliphatic rings. The van der Waals surface area contributed by atoms with Gasteiger partial charge in [0, 0.05) is 18.0 Å². The largest absolute Gasteiger partial charge is 0.379 e. The first kappa shape index (κ1) is 14.9. The molecule has 1 saturated heterocycles. The zero-order chi connectivity index (χ0) is 14.0. The number of rotatable bonds is 4. The van der Waals surface area contributed by atoms with Gasteiger partial charge in [0.05, 0.1) is 32.8 Å². The van der Waals surface area contributed by atoms with Gasteiger partial charge in [0.1, 0.15) is 0 Å². The van der Waals surface area contributed by atoms with Crippen LogP contribution in [-0.2, 0) is 11.3 Å². The molecule has 1 fully saturated rings. The van der Waals surface area contributed by atoms with Gasteiger partial charge in [0.15, 0.2) is 0 Å². The molecular weight excluding hydrogens is 274 g/mol. The molecule has 0 aliphatic carbocycles. The minimum atomic E-state index is -0.181. The van der Waals surface area contributed by atoms with Crippen LogP contribution in [0.5, 0.6) is 0 Å². The number of nitrogens with zero attached hydrogens (tertiary/aromatic N) is 1. The second-order valence-electron chi connectivity index (χ2n) is 4.36. The molecule has 108 valence electrons. The van der Waals surface area contributed by atoms with Gasteiger partial charge in [0.25, 0.3) is 0 Å². The van der Waals surface area contributed by atoms with Crippen molar-refractivity contribution >= 4 is 17.4 Å². The van der Waals surface area contributed by atoms with Crippen molar-refractivity contribution in [3.63, 3.8) is 0 Å². The van der Waals surface area contributed by atoms with E-state index in [9.17, 15) is 4.79 Å². The molecule has 2 N–H and O–H groups in total. The zero-order valence-corrected chi connectivity index (χ0v) is 12.2. The Morgan fingerprint density at radius 2 is 2.20 bits per heavy atom. The molecule has 0 unspecified atom stereocenters. The van der Waals surface area contributed by atoms with Crippen LogP contribution in [0.1, 0.15) is 4.88 Å². The van der Waals surface area contributed by atoms with Crippen LogP contribution >= 0.6 is 11.3 Å². The molecule has 5 nitrogen and oxygen atoms in total. The fourth-order valence-corrected chi connectivity index (χ4v) is 2.40. The Bertz CT molecular complexity index is 459. The number of hydrogen-bond donors (Lipinski definition) is 2. The molecule has 0 radical (unpaired) electrons. The molecule has 1 aliphatic heterocycles. The van der Waals surface area contributed by atoms with Gasteiger partial charge in [-0.2, -0.15) is 0 Å². The summed E-state index contributed by atoms with van der Waals surface area (Å²) in [6.07, 6.45) is 0. The average Bonchev–Trinajstić information content (AvgIpc) is 2.99. The minimum absolute atomic E-state index is 0.181. The minimum Gasteiger partial charge on any atom is -0.379 e. The van der Waals surface area contributed by atoms with E-state index in [-0.39, 0.29) is 6.03 Å². The molecular formula is C14H19N3O2S. The fourth-order valence-electron chi connectivity index (χ4n) is 1.76. The topological polar surface area (TPSA) is 53.6 Å². The van der Waals surface area contributed by atoms with Crippen LogP contribution in [0.4, 0.5) is 4.79 Å². The van der Waals surface area contributed by atoms with Crippen molar-refractivity contribution < 1.29 is 9.53 Å². The molecule has 1 aromatic rings. The van der Waals surface area contributed by atoms with Crippen LogP contribution in [0.15, 0.2) is 17.5 Å². The van der Waals surface area contributed by atoms with Gasteiger partial charge in [-0.3, -0.25) is 4.90 Å². The fraction of sp³-hybridized carbons (Fsp3) is 0.500. The molecule has 0 atom stereocenters. The van der Waals surface area contributed by atoms with Crippen molar-refractivity contribution in [2.45, 2.75) is 6.54 Å². The molecule has 0 spiro atoms. The van der Waals surface area contributed by atoms with Crippen molar-refractivity contribution in [1.29, 1.82) is 0 Å². The summed E-state index contributed by atoms with van der Waals surface area (Å²) in [5.41, 5.74) is 0. The summed E-state index contributed by atoms with van der Waals surface area (Å²) in [4.78, 5) is 14.9. The smallest absolute Gasteiger partial charge is 0.315 e. The Kier molecular flexibility index (Phi) is 6.38. The monoisotopic (exact) mass is 293 g/mol. The standard InChI is InChI=1S/C14H19N3O2S/c18-14(16-12-13-4-3-11-20-13)15-5-1-2-6-17-7-9-19-10-8-17/h3-4,11H,5-10,12H2,(H2,15,16,18). The van der Waals surface area contributed by atoms with Crippen LogP contribution in [-0.4, -0.2) is 50.3 Å². The predicted octanol–water partition coefficient (Wildman–Crippen LogP) is 0.883. The van der Waals surface area contributed by atoms with Gasteiger partial charge in [-0.1, -0.05) is 17.9 Å². The second-order valence-corrected chi connectivity index (χ2v) is 5.39. The third kappa shape index (κ3) is 5.61. The number of hydrogen-bond acceptors (Lipinski definition) is 4. The lowest BCUT2D eigenvalue weighted by Gasteiger charge is -2.24. The highest BCUT2D eigenvalue weighted by Gasteiger charge is 2.07. The molecule has 2 rings (SSSR count). The van der Waals surface area contributed by atoms with E-state index in [4.69, 9.17) is 4.74 Å². The molecule has 2 heterocycles. The van der Waals surface area contributed by atoms with Crippen LogP contribution in [0.25, 0.3) is 0 Å². The van der Waals surface area contributed by atoms with Crippen molar-refractivity contribution in [3.05, 3.63) is 22.4 Å². The predicted molar refractivity (Wildman–Crippen MR) is 79.6 cm³/mol. The molecule has 0 bridgehead atoms. The van der Waals surface area contributed by atoms with Crippen LogP contribution in [0.2, 0.25) is 0 Å². The Hall–Kier alpha value is -1.55. The highest BCUT2D eigenvalue weighted by molar-refractivity contribution is 7.09. The molecule has 1 aromatic heterocycles. The number of carbonyl (C=O) groups is 1. The number of nitrogens with one attached hydrogen (secondary N) is 2. The Labute approximate surface area is 123 Å². The van der Waals surface area contributed by atoms with Crippen molar-refractivity contribution in [2.24, 2.45) is 0 Å². The van der Waals surface area contributed by atoms with Crippen LogP contribution in [0, 0.1) is 11.8 Å². The number of urea groups is 1. The van der Waals surface area contributed by atoms with E-state index in [0.717, 1.165) is 37.7 Å². The van der Waals surface area contributed by atoms with Gasteiger partial charge in [0.2, 0.25) is 0 Å². The van der Waals surface area contributed by atoms with Crippen LogP contribution in [0.3, 0.4) is 0 Å². The highest BCUT2D eigenvalue weighted by atomic mass is 32.1. The maximum absolute atomic E-state index is 11.5. The molecule has 20 heavy (non-hydrogen) atoms. The highest BCUT2D eigenvalue weighted by Crippen LogP contribution is 2.06. The van der Waals surface area contributed by atoms with Gasteiger partial charge in [-0.25, -0.2) is 4.79 Å². The number of ether oxygens (including phenoxy) is 1. The summed E-state index contributed by atoms with van der Waals surface area (Å²) >= 11 is 1.63. The number of amides is 2. The van der Waals surface area contributed by atoms with E-state index in [1.54, 1.807) is 11.3 Å². The van der Waals surface area contributed by atoms with Crippen molar-refractivity contribution in [2.75, 3.05) is 39.4 Å². The average molecular weight is 293 g/mol. The zero-order valence-electron chi connectivity index (χ0n) is 11.4. The first-order valence-electron chi connectivity index (χ1n) is 6.64. The lowest BCUT2D eigenvalue weighted by Crippen LogP contribution is -2.36. The van der Waals surface area contributed by atoms with Crippen LogP contribution < -0.4 is 10.6 Å². The quantitative estimate of drug-likeness (QED) is 0.811. The summed E-state index contributed by atoms with van der Waals surface area (Å²) in [7, 11) is 0. The van der Waals surface area contributed by atoms with E-state index < -0.39 is 0 Å². The third-order valence-electron chi connectivity index (χ3n) is 2.87. The first-order valence-corrected chi connectivity index (χ1v) is 7.52. The number of thiophene rings is 1. The van der Waals surface area contributed by atoms with E-state index >= 15 is 0 Å². The third-order valence-corrected chi connectivity index (χ3v) is 3.75. The molecule has 2 amide bonds. The van der Waals surface area contributed by atoms with Gasteiger partial charge in [-0.05, 0) is 11.4 Å². The summed E-state index contributed by atoms with van der Waals surface area (Å²) in [6, 6.07) is 3.78. The normalized spacial score (nSPS) is 15.2. The SMILES string of the molecule is O=C(NCC#CCN1CCOCC1)NCc1cccs1. The Morgan fingerprint density at radius 3 is 2.95 bits per heavy atom. The summed E-state index contributed by atoms with van der Waals surface area (Å²) in [5.74, 6) is 6.02. The van der Waals surface area contributed by atoms with E-state index in [2.05, 4.69) is 27.4 Å². The van der Waals surface area contributed by atoms with Gasteiger partial charge >= 0.3 is 6.03 Å².